The molecule has 1 unspecified atom stereocenters. The summed E-state index contributed by atoms with van der Waals surface area (Å²) in [6.45, 7) is 2.40. The fourth-order valence-corrected chi connectivity index (χ4v) is 2.64. The average Bonchev–Trinajstić information content (AvgIpc) is 2.64. The summed E-state index contributed by atoms with van der Waals surface area (Å²) in [5, 5.41) is 0. The van der Waals surface area contributed by atoms with Crippen molar-refractivity contribution in [2.45, 2.75) is 32.6 Å². The highest BCUT2D eigenvalue weighted by atomic mass is 19.1. The van der Waals surface area contributed by atoms with E-state index in [2.05, 4.69) is 6.92 Å². The average molecular weight is 295 g/mol. The van der Waals surface area contributed by atoms with E-state index in [9.17, 15) is 18.4 Å². The molecule has 0 radical (unpaired) electrons. The summed E-state index contributed by atoms with van der Waals surface area (Å²) in [6.07, 6.45) is 3.10. The van der Waals surface area contributed by atoms with Gasteiger partial charge in [0.1, 0.15) is 11.6 Å². The van der Waals surface area contributed by atoms with Crippen molar-refractivity contribution >= 4 is 11.7 Å². The van der Waals surface area contributed by atoms with Crippen LogP contribution in [0.1, 0.15) is 43.0 Å². The molecule has 1 aliphatic heterocycles. The van der Waals surface area contributed by atoms with Crippen LogP contribution in [0.3, 0.4) is 0 Å². The molecule has 0 aliphatic carbocycles. The van der Waals surface area contributed by atoms with Gasteiger partial charge in [-0.05, 0) is 37.0 Å². The fourth-order valence-electron chi connectivity index (χ4n) is 2.64. The maximum absolute atomic E-state index is 13.6. The monoisotopic (exact) mass is 295 g/mol. The number of rotatable bonds is 4. The molecule has 1 aliphatic rings. The summed E-state index contributed by atoms with van der Waals surface area (Å²) in [5.74, 6) is -1.57. The van der Waals surface area contributed by atoms with Gasteiger partial charge < -0.3 is 4.90 Å². The Morgan fingerprint density at radius 2 is 2.10 bits per heavy atom. The van der Waals surface area contributed by atoms with Crippen molar-refractivity contribution < 1.29 is 18.4 Å². The lowest BCUT2D eigenvalue weighted by atomic mass is 9.98. The number of amides is 1. The first kappa shape index (κ1) is 15.6. The van der Waals surface area contributed by atoms with E-state index in [1.165, 1.54) is 4.90 Å². The van der Waals surface area contributed by atoms with Crippen molar-refractivity contribution in [2.24, 2.45) is 5.92 Å². The van der Waals surface area contributed by atoms with Gasteiger partial charge in [0.15, 0.2) is 5.78 Å². The molecule has 0 saturated carbocycles. The third-order valence-electron chi connectivity index (χ3n) is 4.07. The summed E-state index contributed by atoms with van der Waals surface area (Å²) in [7, 11) is 0. The Bertz CT molecular complexity index is 545. The van der Waals surface area contributed by atoms with Crippen molar-refractivity contribution in [1.29, 1.82) is 0 Å². The van der Waals surface area contributed by atoms with Crippen LogP contribution in [0.25, 0.3) is 0 Å². The Kier molecular flexibility index (Phi) is 5.04. The van der Waals surface area contributed by atoms with Crippen LogP contribution < -0.4 is 0 Å². The molecule has 0 bridgehead atoms. The molecule has 1 aromatic carbocycles. The number of benzene rings is 1. The van der Waals surface area contributed by atoms with Crippen LogP contribution in [0.2, 0.25) is 0 Å². The minimum Gasteiger partial charge on any atom is -0.335 e. The van der Waals surface area contributed by atoms with Crippen LogP contribution >= 0.6 is 0 Å². The Morgan fingerprint density at radius 1 is 1.33 bits per heavy atom. The fraction of sp³-hybridized carbons (Fsp3) is 0.500. The number of nitrogens with zero attached hydrogens (tertiary/aromatic N) is 1. The van der Waals surface area contributed by atoms with E-state index in [4.69, 9.17) is 0 Å². The first-order valence-electron chi connectivity index (χ1n) is 7.27. The topological polar surface area (TPSA) is 37.4 Å². The third-order valence-corrected chi connectivity index (χ3v) is 4.07. The van der Waals surface area contributed by atoms with E-state index >= 15 is 0 Å². The standard InChI is InChI=1S/C16H19F2NO2/c1-2-11-3-6-16(21)19(8-7-11)10-15(20)13-9-12(17)4-5-14(13)18/h4-5,9,11H,2-3,6-8,10H2,1H3. The molecule has 1 aromatic rings. The van der Waals surface area contributed by atoms with Crippen molar-refractivity contribution in [3.05, 3.63) is 35.4 Å². The minimum absolute atomic E-state index is 0.0869. The number of Topliss-reactive ketones (excluding diaryl/α,β-unsaturated/α-hetero) is 1. The van der Waals surface area contributed by atoms with E-state index < -0.39 is 17.4 Å². The zero-order valence-corrected chi connectivity index (χ0v) is 12.1. The Labute approximate surface area is 122 Å². The second-order valence-electron chi connectivity index (χ2n) is 5.46. The highest BCUT2D eigenvalue weighted by molar-refractivity contribution is 5.99. The maximum atomic E-state index is 13.6. The molecule has 1 heterocycles. The van der Waals surface area contributed by atoms with Gasteiger partial charge in [-0.25, -0.2) is 8.78 Å². The van der Waals surface area contributed by atoms with Gasteiger partial charge in [0.05, 0.1) is 12.1 Å². The van der Waals surface area contributed by atoms with Gasteiger partial charge in [-0.1, -0.05) is 13.3 Å². The van der Waals surface area contributed by atoms with Gasteiger partial charge in [-0.15, -0.1) is 0 Å². The van der Waals surface area contributed by atoms with E-state index in [0.717, 1.165) is 37.5 Å². The first-order chi connectivity index (χ1) is 10.0. The molecule has 1 amide bonds. The van der Waals surface area contributed by atoms with E-state index in [0.29, 0.717) is 18.9 Å². The van der Waals surface area contributed by atoms with Gasteiger partial charge >= 0.3 is 0 Å². The van der Waals surface area contributed by atoms with Gasteiger partial charge in [-0.2, -0.15) is 0 Å². The quantitative estimate of drug-likeness (QED) is 0.800. The van der Waals surface area contributed by atoms with E-state index in [-0.39, 0.29) is 18.0 Å². The predicted molar refractivity (Wildman–Crippen MR) is 74.9 cm³/mol. The molecule has 1 saturated heterocycles. The zero-order valence-electron chi connectivity index (χ0n) is 12.1. The molecule has 1 fully saturated rings. The highest BCUT2D eigenvalue weighted by Gasteiger charge is 2.24. The van der Waals surface area contributed by atoms with E-state index in [1.54, 1.807) is 0 Å². The number of halogens is 2. The lowest BCUT2D eigenvalue weighted by Crippen LogP contribution is -2.35. The summed E-state index contributed by atoms with van der Waals surface area (Å²) in [4.78, 5) is 25.6. The lowest BCUT2D eigenvalue weighted by molar-refractivity contribution is -0.130. The van der Waals surface area contributed by atoms with Gasteiger partial charge in [0.2, 0.25) is 5.91 Å². The predicted octanol–water partition coefficient (Wildman–Crippen LogP) is 3.19. The Hall–Kier alpha value is -1.78. The number of hydrogen-bond donors (Lipinski definition) is 0. The summed E-state index contributed by atoms with van der Waals surface area (Å²) >= 11 is 0. The molecule has 5 heteroatoms. The van der Waals surface area contributed by atoms with Gasteiger partial charge in [0.25, 0.3) is 0 Å². The normalized spacial score (nSPS) is 19.5. The van der Waals surface area contributed by atoms with Crippen molar-refractivity contribution in [2.75, 3.05) is 13.1 Å². The highest BCUT2D eigenvalue weighted by Crippen LogP contribution is 2.21. The number of carbonyl (C=O) groups excluding carboxylic acids is 2. The second kappa shape index (κ2) is 6.78. The molecular formula is C16H19F2NO2. The number of hydrogen-bond acceptors (Lipinski definition) is 2. The lowest BCUT2D eigenvalue weighted by Gasteiger charge is -2.20. The first-order valence-corrected chi connectivity index (χ1v) is 7.27. The smallest absolute Gasteiger partial charge is 0.222 e. The van der Waals surface area contributed by atoms with Crippen LogP contribution in [0, 0.1) is 17.6 Å². The molecule has 2 rings (SSSR count). The molecule has 21 heavy (non-hydrogen) atoms. The van der Waals surface area contributed by atoms with Crippen LogP contribution in [-0.4, -0.2) is 29.7 Å². The van der Waals surface area contributed by atoms with Gasteiger partial charge in [0, 0.05) is 13.0 Å². The number of likely N-dealkylation sites (tertiary alicyclic amines) is 1. The van der Waals surface area contributed by atoms with Gasteiger partial charge in [-0.3, -0.25) is 9.59 Å². The molecule has 1 atom stereocenters. The van der Waals surface area contributed by atoms with Crippen LogP contribution in [0.4, 0.5) is 8.78 Å². The summed E-state index contributed by atoms with van der Waals surface area (Å²) in [6, 6.07) is 2.78. The van der Waals surface area contributed by atoms with Crippen LogP contribution in [0.5, 0.6) is 0 Å². The van der Waals surface area contributed by atoms with Crippen LogP contribution in [0.15, 0.2) is 18.2 Å². The second-order valence-corrected chi connectivity index (χ2v) is 5.46. The molecule has 114 valence electrons. The van der Waals surface area contributed by atoms with Crippen LogP contribution in [-0.2, 0) is 4.79 Å². The molecule has 0 N–H and O–H groups in total. The molecule has 0 spiro atoms. The van der Waals surface area contributed by atoms with Crippen molar-refractivity contribution in [3.63, 3.8) is 0 Å². The molecule has 3 nitrogen and oxygen atoms in total. The van der Waals surface area contributed by atoms with Crippen molar-refractivity contribution in [3.8, 4) is 0 Å². The zero-order chi connectivity index (χ0) is 15.4. The van der Waals surface area contributed by atoms with E-state index in [1.807, 2.05) is 0 Å². The maximum Gasteiger partial charge on any atom is 0.222 e. The SMILES string of the molecule is CCC1CCC(=O)N(CC(=O)c2cc(F)ccc2F)CC1. The van der Waals surface area contributed by atoms with Crippen molar-refractivity contribution in [1.82, 2.24) is 4.90 Å². The number of carbonyl (C=O) groups is 2. The Morgan fingerprint density at radius 3 is 2.81 bits per heavy atom. The minimum atomic E-state index is -0.755. The summed E-state index contributed by atoms with van der Waals surface area (Å²) < 4.78 is 26.7. The summed E-state index contributed by atoms with van der Waals surface area (Å²) in [5.41, 5.74) is -0.293. The number of ketones is 1. The third kappa shape index (κ3) is 3.86. The molecular weight excluding hydrogens is 276 g/mol. The Balaban J connectivity index is 2.08. The largest absolute Gasteiger partial charge is 0.335 e. The molecule has 0 aromatic heterocycles.